The highest BCUT2D eigenvalue weighted by molar-refractivity contribution is 5.85. The highest BCUT2D eigenvalue weighted by atomic mass is 35.5. The summed E-state index contributed by atoms with van der Waals surface area (Å²) in [5.41, 5.74) is 5.62. The van der Waals surface area contributed by atoms with Crippen LogP contribution in [0, 0.1) is 17.0 Å². The number of aryl methyl sites for hydroxylation is 2. The van der Waals surface area contributed by atoms with Gasteiger partial charge < -0.3 is 25.7 Å². The summed E-state index contributed by atoms with van der Waals surface area (Å²) in [5, 5.41) is 13.5. The maximum absolute atomic E-state index is 11.9. The summed E-state index contributed by atoms with van der Waals surface area (Å²) in [5.74, 6) is 0.226. The van der Waals surface area contributed by atoms with Crippen LogP contribution in [0.5, 0.6) is 0 Å². The number of nitrogens with one attached hydrogen (secondary N) is 1. The number of nitrogens with zero attached hydrogens (tertiary/aromatic N) is 3. The molecule has 1 aromatic rings. The van der Waals surface area contributed by atoms with Crippen LogP contribution in [0.3, 0.4) is 0 Å². The largest absolute Gasteiger partial charge is 0.381 e. The Kier molecular flexibility index (Phi) is 9.35. The van der Waals surface area contributed by atoms with E-state index in [1.807, 2.05) is 0 Å². The van der Waals surface area contributed by atoms with E-state index in [9.17, 15) is 14.9 Å². The number of nitro groups is 1. The molecule has 0 aliphatic heterocycles. The summed E-state index contributed by atoms with van der Waals surface area (Å²) in [6.07, 6.45) is 4.55. The molecule has 8 nitrogen and oxygen atoms in total. The van der Waals surface area contributed by atoms with Gasteiger partial charge in [0.05, 0.1) is 0 Å². The maximum Gasteiger partial charge on any atom is 0.381 e. The smallest absolute Gasteiger partial charge is 0.358 e. The molecule has 0 spiro atoms. The molecule has 1 aromatic heterocycles. The number of hydrogen-bond acceptors (Lipinski definition) is 5. The molecule has 1 rings (SSSR count). The van der Waals surface area contributed by atoms with Gasteiger partial charge >= 0.3 is 5.82 Å². The van der Waals surface area contributed by atoms with E-state index in [1.165, 1.54) is 6.20 Å². The Morgan fingerprint density at radius 2 is 2.27 bits per heavy atom. The van der Waals surface area contributed by atoms with Gasteiger partial charge in [-0.15, -0.1) is 12.4 Å². The minimum absolute atomic E-state index is 0. The van der Waals surface area contributed by atoms with Crippen molar-refractivity contribution >= 4 is 24.1 Å². The van der Waals surface area contributed by atoms with Gasteiger partial charge in [0.1, 0.15) is 6.20 Å². The number of halogens is 1. The van der Waals surface area contributed by atoms with Crippen LogP contribution in [0.2, 0.25) is 0 Å². The van der Waals surface area contributed by atoms with Gasteiger partial charge in [0.15, 0.2) is 0 Å². The molecule has 0 aliphatic carbocycles. The molecule has 22 heavy (non-hydrogen) atoms. The van der Waals surface area contributed by atoms with Crippen molar-refractivity contribution in [1.29, 1.82) is 0 Å². The lowest BCUT2D eigenvalue weighted by molar-refractivity contribution is -0.389. The first-order chi connectivity index (χ1) is 9.97. The zero-order valence-electron chi connectivity index (χ0n) is 12.9. The second kappa shape index (κ2) is 10.1. The second-order valence-electron chi connectivity index (χ2n) is 4.99. The lowest BCUT2D eigenvalue weighted by Crippen LogP contribution is -2.40. The molecule has 3 N–H and O–H groups in total. The van der Waals surface area contributed by atoms with Gasteiger partial charge in [0.2, 0.25) is 11.7 Å². The Morgan fingerprint density at radius 3 is 2.77 bits per heavy atom. The van der Waals surface area contributed by atoms with Gasteiger partial charge in [-0.2, -0.15) is 0 Å². The van der Waals surface area contributed by atoms with Crippen LogP contribution in [0.1, 0.15) is 38.4 Å². The number of carbonyl (C=O) groups excluding carboxylic acids is 1. The van der Waals surface area contributed by atoms with E-state index < -0.39 is 4.92 Å². The first-order valence-electron chi connectivity index (χ1n) is 7.15. The lowest BCUT2D eigenvalue weighted by atomic mass is 10.1. The summed E-state index contributed by atoms with van der Waals surface area (Å²) in [7, 11) is 0. The van der Waals surface area contributed by atoms with Gasteiger partial charge in [-0.25, -0.2) is 0 Å². The van der Waals surface area contributed by atoms with Crippen molar-refractivity contribution in [2.45, 2.75) is 52.1 Å². The van der Waals surface area contributed by atoms with Crippen molar-refractivity contribution in [2.24, 2.45) is 5.73 Å². The quantitative estimate of drug-likeness (QED) is 0.525. The van der Waals surface area contributed by atoms with Crippen LogP contribution < -0.4 is 11.1 Å². The first kappa shape index (κ1) is 20.3. The average molecular weight is 334 g/mol. The molecule has 0 bridgehead atoms. The van der Waals surface area contributed by atoms with Crippen molar-refractivity contribution in [3.63, 3.8) is 0 Å². The molecule has 1 unspecified atom stereocenters. The third-order valence-corrected chi connectivity index (χ3v) is 3.29. The summed E-state index contributed by atoms with van der Waals surface area (Å²) in [6, 6.07) is -0.00401. The maximum atomic E-state index is 11.9. The van der Waals surface area contributed by atoms with Crippen molar-refractivity contribution < 1.29 is 9.72 Å². The molecule has 9 heteroatoms. The van der Waals surface area contributed by atoms with E-state index in [1.54, 1.807) is 11.5 Å². The zero-order chi connectivity index (χ0) is 15.8. The van der Waals surface area contributed by atoms with Gasteiger partial charge in [0, 0.05) is 32.5 Å². The number of nitrogens with two attached hydrogens (primary N) is 1. The van der Waals surface area contributed by atoms with Crippen LogP contribution >= 0.6 is 12.4 Å². The van der Waals surface area contributed by atoms with Gasteiger partial charge in [-0.3, -0.25) is 4.79 Å². The van der Waals surface area contributed by atoms with E-state index in [2.05, 4.69) is 17.2 Å². The molecule has 0 fully saturated rings. The number of unbranched alkanes of at least 4 members (excludes halogenated alkanes) is 1. The fourth-order valence-electron chi connectivity index (χ4n) is 2.03. The lowest BCUT2D eigenvalue weighted by Gasteiger charge is -2.16. The summed E-state index contributed by atoms with van der Waals surface area (Å²) < 4.78 is 1.61. The van der Waals surface area contributed by atoms with E-state index >= 15 is 0 Å². The molecule has 0 saturated heterocycles. The van der Waals surface area contributed by atoms with Crippen LogP contribution in [-0.2, 0) is 11.3 Å². The van der Waals surface area contributed by atoms with E-state index in [0.29, 0.717) is 18.9 Å². The summed E-state index contributed by atoms with van der Waals surface area (Å²) >= 11 is 0. The topological polar surface area (TPSA) is 116 Å². The Morgan fingerprint density at radius 1 is 1.59 bits per heavy atom. The molecule has 1 amide bonds. The zero-order valence-corrected chi connectivity index (χ0v) is 13.8. The second-order valence-corrected chi connectivity index (χ2v) is 4.99. The third-order valence-electron chi connectivity index (χ3n) is 3.29. The molecule has 0 aromatic carbocycles. The van der Waals surface area contributed by atoms with Crippen molar-refractivity contribution in [3.8, 4) is 0 Å². The van der Waals surface area contributed by atoms with E-state index in [0.717, 1.165) is 19.3 Å². The van der Waals surface area contributed by atoms with Crippen LogP contribution in [0.4, 0.5) is 5.82 Å². The Bertz CT molecular complexity index is 492. The van der Waals surface area contributed by atoms with E-state index in [4.69, 9.17) is 5.73 Å². The number of amides is 1. The molecule has 0 aliphatic rings. The van der Waals surface area contributed by atoms with Crippen LogP contribution in [0.15, 0.2) is 6.20 Å². The molecule has 0 saturated carbocycles. The number of imidazole rings is 1. The predicted octanol–water partition coefficient (Wildman–Crippen LogP) is 1.55. The van der Waals surface area contributed by atoms with Crippen molar-refractivity contribution in [1.82, 2.24) is 14.9 Å². The fourth-order valence-corrected chi connectivity index (χ4v) is 2.03. The van der Waals surface area contributed by atoms with Gasteiger partial charge in [-0.1, -0.05) is 19.8 Å². The average Bonchev–Trinajstić information content (AvgIpc) is 2.82. The van der Waals surface area contributed by atoms with Crippen molar-refractivity contribution in [2.75, 3.05) is 6.54 Å². The Balaban J connectivity index is 0.00000441. The third kappa shape index (κ3) is 6.40. The molecule has 0 radical (unpaired) electrons. The number of hydrogen-bond donors (Lipinski definition) is 2. The minimum atomic E-state index is -0.543. The Hall–Kier alpha value is -1.67. The summed E-state index contributed by atoms with van der Waals surface area (Å²) in [6.45, 7) is 4.55. The van der Waals surface area contributed by atoms with Crippen LogP contribution in [-0.4, -0.2) is 33.0 Å². The monoisotopic (exact) mass is 333 g/mol. The highest BCUT2D eigenvalue weighted by Crippen LogP contribution is 2.10. The molecular weight excluding hydrogens is 310 g/mol. The molecule has 1 atom stereocenters. The Labute approximate surface area is 136 Å². The highest BCUT2D eigenvalue weighted by Gasteiger charge is 2.16. The molecular formula is C13H24ClN5O3. The first-order valence-corrected chi connectivity index (χ1v) is 7.15. The molecule has 126 valence electrons. The van der Waals surface area contributed by atoms with Gasteiger partial charge in [-0.05, 0) is 16.3 Å². The number of aromatic nitrogens is 2. The molecule has 1 heterocycles. The normalized spacial score (nSPS) is 11.6. The minimum Gasteiger partial charge on any atom is -0.358 e. The van der Waals surface area contributed by atoms with Gasteiger partial charge in [0.25, 0.3) is 0 Å². The number of rotatable bonds is 9. The number of carbonyl (C=O) groups is 1. The van der Waals surface area contributed by atoms with E-state index in [-0.39, 0.29) is 36.6 Å². The fraction of sp³-hybridized carbons (Fsp3) is 0.692. The SMILES string of the molecule is CCCCC(CN)NC(=O)CCn1cc([N+](=O)[O-])nc1C.Cl. The van der Waals surface area contributed by atoms with Crippen molar-refractivity contribution in [3.05, 3.63) is 22.1 Å². The standard InChI is InChI=1S/C13H23N5O3.ClH/c1-3-4-5-11(8-14)16-13(19)6-7-17-9-12(18(20)21)15-10(17)2;/h9,11H,3-8,14H2,1-2H3,(H,16,19);1H. The van der Waals surface area contributed by atoms with Crippen LogP contribution in [0.25, 0.3) is 0 Å². The summed E-state index contributed by atoms with van der Waals surface area (Å²) in [4.78, 5) is 25.8. The predicted molar refractivity (Wildman–Crippen MR) is 86.0 cm³/mol.